The molecule has 0 aliphatic rings. The number of nitro benzene ring substituents is 1. The second-order valence-corrected chi connectivity index (χ2v) is 3.74. The summed E-state index contributed by atoms with van der Waals surface area (Å²) in [6.45, 7) is 0. The first kappa shape index (κ1) is 10.7. The average Bonchev–Trinajstić information content (AvgIpc) is 2.30. The largest absolute Gasteiger partial charge is 0.283 e. The molecule has 0 spiro atoms. The minimum atomic E-state index is -0.422. The van der Waals surface area contributed by atoms with Crippen molar-refractivity contribution < 1.29 is 4.92 Å². The normalized spacial score (nSPS) is 10.1. The van der Waals surface area contributed by atoms with Crippen molar-refractivity contribution >= 4 is 18.3 Å². The van der Waals surface area contributed by atoms with Crippen LogP contribution in [0.1, 0.15) is 0 Å². The zero-order valence-electron chi connectivity index (χ0n) is 8.33. The molecule has 0 radical (unpaired) electrons. The second-order valence-electron chi connectivity index (χ2n) is 3.30. The number of nitro groups is 1. The monoisotopic (exact) mass is 231 g/mol. The van der Waals surface area contributed by atoms with E-state index in [2.05, 4.69) is 12.6 Å². The van der Waals surface area contributed by atoms with Crippen LogP contribution in [-0.4, -0.2) is 4.92 Å². The summed E-state index contributed by atoms with van der Waals surface area (Å²) in [6.07, 6.45) is 0. The Morgan fingerprint density at radius 2 is 1.69 bits per heavy atom. The number of hydrogen-bond donors (Lipinski definition) is 1. The standard InChI is InChI=1S/C12H9NO2S/c14-13(15)11-8-4-7-10(12(11)16)9-5-2-1-3-6-9/h1-8,16H. The zero-order chi connectivity index (χ0) is 11.5. The molecule has 0 bridgehead atoms. The van der Waals surface area contributed by atoms with Gasteiger partial charge < -0.3 is 0 Å². The molecule has 2 rings (SSSR count). The van der Waals surface area contributed by atoms with Gasteiger partial charge in [-0.25, -0.2) is 0 Å². The van der Waals surface area contributed by atoms with Crippen molar-refractivity contribution in [1.29, 1.82) is 0 Å². The molecule has 4 heteroatoms. The van der Waals surface area contributed by atoms with Gasteiger partial charge in [0.15, 0.2) is 0 Å². The number of nitrogens with zero attached hydrogens (tertiary/aromatic N) is 1. The van der Waals surface area contributed by atoms with Gasteiger partial charge in [0.25, 0.3) is 5.69 Å². The lowest BCUT2D eigenvalue weighted by Crippen LogP contribution is -1.91. The first-order valence-electron chi connectivity index (χ1n) is 4.72. The highest BCUT2D eigenvalue weighted by atomic mass is 32.1. The lowest BCUT2D eigenvalue weighted by Gasteiger charge is -2.05. The number of thiol groups is 1. The summed E-state index contributed by atoms with van der Waals surface area (Å²) in [5.41, 5.74) is 1.74. The Morgan fingerprint density at radius 1 is 1.00 bits per heavy atom. The Hall–Kier alpha value is -1.81. The van der Waals surface area contributed by atoms with Gasteiger partial charge in [-0.1, -0.05) is 42.5 Å². The SMILES string of the molecule is O=[N+]([O-])c1cccc(-c2ccccc2)c1S. The van der Waals surface area contributed by atoms with Crippen LogP contribution in [0.25, 0.3) is 11.1 Å². The van der Waals surface area contributed by atoms with E-state index in [-0.39, 0.29) is 5.69 Å². The molecule has 0 aromatic heterocycles. The van der Waals surface area contributed by atoms with Crippen LogP contribution in [0.3, 0.4) is 0 Å². The van der Waals surface area contributed by atoms with E-state index in [0.717, 1.165) is 11.1 Å². The molecule has 0 aliphatic carbocycles. The lowest BCUT2D eigenvalue weighted by molar-refractivity contribution is -0.387. The van der Waals surface area contributed by atoms with E-state index in [9.17, 15) is 10.1 Å². The predicted molar refractivity (Wildman–Crippen MR) is 65.8 cm³/mol. The van der Waals surface area contributed by atoms with Crippen molar-refractivity contribution in [3.05, 3.63) is 58.6 Å². The molecule has 0 atom stereocenters. The molecule has 2 aromatic rings. The highest BCUT2D eigenvalue weighted by Crippen LogP contribution is 2.33. The molecule has 0 N–H and O–H groups in total. The number of hydrogen-bond acceptors (Lipinski definition) is 3. The minimum Gasteiger partial charge on any atom is -0.258 e. The molecule has 3 nitrogen and oxygen atoms in total. The van der Waals surface area contributed by atoms with Gasteiger partial charge in [-0.05, 0) is 5.56 Å². The fourth-order valence-corrected chi connectivity index (χ4v) is 1.89. The highest BCUT2D eigenvalue weighted by Gasteiger charge is 2.14. The third kappa shape index (κ3) is 1.92. The smallest absolute Gasteiger partial charge is 0.258 e. The van der Waals surface area contributed by atoms with Gasteiger partial charge >= 0.3 is 0 Å². The summed E-state index contributed by atoms with van der Waals surface area (Å²) >= 11 is 4.22. The molecule has 0 heterocycles. The average molecular weight is 231 g/mol. The first-order chi connectivity index (χ1) is 7.70. The maximum atomic E-state index is 10.8. The van der Waals surface area contributed by atoms with Crippen molar-refractivity contribution in [2.75, 3.05) is 0 Å². The van der Waals surface area contributed by atoms with Crippen LogP contribution in [0, 0.1) is 10.1 Å². The molecule has 0 saturated heterocycles. The zero-order valence-corrected chi connectivity index (χ0v) is 9.22. The van der Waals surface area contributed by atoms with E-state index in [1.54, 1.807) is 6.07 Å². The topological polar surface area (TPSA) is 43.1 Å². The van der Waals surface area contributed by atoms with Gasteiger partial charge in [0.05, 0.1) is 9.82 Å². The van der Waals surface area contributed by atoms with Crippen molar-refractivity contribution in [2.24, 2.45) is 0 Å². The first-order valence-corrected chi connectivity index (χ1v) is 5.16. The number of benzene rings is 2. The summed E-state index contributed by atoms with van der Waals surface area (Å²) in [6, 6.07) is 14.4. The van der Waals surface area contributed by atoms with Crippen LogP contribution in [0.15, 0.2) is 53.4 Å². The minimum absolute atomic E-state index is 0.0321. The molecule has 0 aliphatic heterocycles. The third-order valence-corrected chi connectivity index (χ3v) is 2.77. The van der Waals surface area contributed by atoms with Gasteiger partial charge in [0.1, 0.15) is 0 Å². The van der Waals surface area contributed by atoms with Crippen LogP contribution >= 0.6 is 12.6 Å². The van der Waals surface area contributed by atoms with E-state index >= 15 is 0 Å². The molecule has 80 valence electrons. The molecule has 0 unspecified atom stereocenters. The van der Waals surface area contributed by atoms with Crippen LogP contribution in [0.2, 0.25) is 0 Å². The van der Waals surface area contributed by atoms with Crippen LogP contribution in [-0.2, 0) is 0 Å². The van der Waals surface area contributed by atoms with E-state index in [0.29, 0.717) is 4.90 Å². The van der Waals surface area contributed by atoms with Crippen LogP contribution in [0.5, 0.6) is 0 Å². The summed E-state index contributed by atoms with van der Waals surface area (Å²) < 4.78 is 0. The molecule has 0 amide bonds. The van der Waals surface area contributed by atoms with E-state index < -0.39 is 4.92 Å². The Kier molecular flexibility index (Phi) is 2.92. The van der Waals surface area contributed by atoms with Crippen molar-refractivity contribution in [1.82, 2.24) is 0 Å². The molecule has 2 aromatic carbocycles. The van der Waals surface area contributed by atoms with Crippen molar-refractivity contribution in [2.45, 2.75) is 4.90 Å². The third-order valence-electron chi connectivity index (χ3n) is 2.30. The number of rotatable bonds is 2. The Balaban J connectivity index is 2.59. The van der Waals surface area contributed by atoms with Crippen molar-refractivity contribution in [3.63, 3.8) is 0 Å². The molecule has 0 fully saturated rings. The Labute approximate surface area is 98.3 Å². The maximum Gasteiger partial charge on any atom is 0.283 e. The molecule has 0 saturated carbocycles. The van der Waals surface area contributed by atoms with E-state index in [1.807, 2.05) is 36.4 Å². The van der Waals surface area contributed by atoms with Gasteiger partial charge in [-0.15, -0.1) is 12.6 Å². The summed E-state index contributed by atoms with van der Waals surface area (Å²) in [4.78, 5) is 10.7. The van der Waals surface area contributed by atoms with Gasteiger partial charge in [0.2, 0.25) is 0 Å². The summed E-state index contributed by atoms with van der Waals surface area (Å²) in [5, 5.41) is 10.8. The van der Waals surface area contributed by atoms with Crippen molar-refractivity contribution in [3.8, 4) is 11.1 Å². The van der Waals surface area contributed by atoms with Gasteiger partial charge in [0, 0.05) is 11.6 Å². The van der Waals surface area contributed by atoms with E-state index in [4.69, 9.17) is 0 Å². The summed E-state index contributed by atoms with van der Waals surface area (Å²) in [7, 11) is 0. The highest BCUT2D eigenvalue weighted by molar-refractivity contribution is 7.80. The van der Waals surface area contributed by atoms with Crippen LogP contribution in [0.4, 0.5) is 5.69 Å². The maximum absolute atomic E-state index is 10.8. The fourth-order valence-electron chi connectivity index (χ4n) is 1.53. The summed E-state index contributed by atoms with van der Waals surface area (Å²) in [5.74, 6) is 0. The lowest BCUT2D eigenvalue weighted by atomic mass is 10.1. The fraction of sp³-hybridized carbons (Fsp3) is 0. The molecular formula is C12H9NO2S. The van der Waals surface area contributed by atoms with Gasteiger partial charge in [-0.2, -0.15) is 0 Å². The molecular weight excluding hydrogens is 222 g/mol. The Morgan fingerprint density at radius 3 is 2.31 bits per heavy atom. The quantitative estimate of drug-likeness (QED) is 0.488. The van der Waals surface area contributed by atoms with Crippen LogP contribution < -0.4 is 0 Å². The second kappa shape index (κ2) is 4.37. The molecule has 16 heavy (non-hydrogen) atoms. The Bertz CT molecular complexity index is 526. The van der Waals surface area contributed by atoms with Gasteiger partial charge in [-0.3, -0.25) is 10.1 Å². The predicted octanol–water partition coefficient (Wildman–Crippen LogP) is 3.55. The van der Waals surface area contributed by atoms with E-state index in [1.165, 1.54) is 6.07 Å².